The van der Waals surface area contributed by atoms with Crippen LogP contribution in [0.1, 0.15) is 62.0 Å². The molecule has 0 unspecified atom stereocenters. The number of alkyl halides is 1. The third kappa shape index (κ3) is 5.08. The summed E-state index contributed by atoms with van der Waals surface area (Å²) in [4.78, 5) is 26.4. The molecule has 1 aliphatic carbocycles. The molecule has 2 fully saturated rings. The quantitative estimate of drug-likeness (QED) is 0.790. The lowest BCUT2D eigenvalue weighted by molar-refractivity contribution is -0.132. The van der Waals surface area contributed by atoms with E-state index in [9.17, 15) is 14.0 Å². The van der Waals surface area contributed by atoms with E-state index in [1.807, 2.05) is 13.8 Å². The molecule has 2 heterocycles. The standard InChI is InChI=1S/C20H30FN3O3/c1-13-18(14(2)27-23-13)7-8-20(26)24-12-16(21)10-17(24)11-22-19(25)9-15-5-3-4-6-15/h15-17H,3-12H2,1-2H3,(H,22,25)/t16-,17-/m0/s1. The van der Waals surface area contributed by atoms with Gasteiger partial charge in [-0.3, -0.25) is 9.59 Å². The van der Waals surface area contributed by atoms with Crippen LogP contribution in [0.4, 0.5) is 4.39 Å². The number of aryl methyl sites for hydroxylation is 2. The normalized spacial score (nSPS) is 23.1. The second-order valence-corrected chi connectivity index (χ2v) is 7.99. The second-order valence-electron chi connectivity index (χ2n) is 7.99. The molecule has 2 aliphatic rings. The number of nitrogens with one attached hydrogen (secondary N) is 1. The number of rotatable bonds is 7. The van der Waals surface area contributed by atoms with Crippen molar-refractivity contribution in [2.45, 2.75) is 77.4 Å². The summed E-state index contributed by atoms with van der Waals surface area (Å²) in [6, 6.07) is -0.260. The van der Waals surface area contributed by atoms with Crippen LogP contribution in [0.25, 0.3) is 0 Å². The van der Waals surface area contributed by atoms with Gasteiger partial charge in [-0.2, -0.15) is 0 Å². The molecule has 1 aromatic rings. The summed E-state index contributed by atoms with van der Waals surface area (Å²) in [5.74, 6) is 1.15. The van der Waals surface area contributed by atoms with Crippen LogP contribution in [0, 0.1) is 19.8 Å². The largest absolute Gasteiger partial charge is 0.361 e. The highest BCUT2D eigenvalue weighted by atomic mass is 19.1. The van der Waals surface area contributed by atoms with Crippen LogP contribution < -0.4 is 5.32 Å². The molecule has 0 bridgehead atoms. The van der Waals surface area contributed by atoms with Crippen LogP contribution in [0.5, 0.6) is 0 Å². The lowest BCUT2D eigenvalue weighted by Crippen LogP contribution is -2.43. The van der Waals surface area contributed by atoms with Crippen LogP contribution in [-0.2, 0) is 16.0 Å². The molecular weight excluding hydrogens is 349 g/mol. The van der Waals surface area contributed by atoms with E-state index in [-0.39, 0.29) is 24.4 Å². The van der Waals surface area contributed by atoms with Gasteiger partial charge in [0.1, 0.15) is 11.9 Å². The van der Waals surface area contributed by atoms with Crippen molar-refractivity contribution < 1.29 is 18.5 Å². The number of halogens is 1. The van der Waals surface area contributed by atoms with Gasteiger partial charge in [0, 0.05) is 31.4 Å². The van der Waals surface area contributed by atoms with Gasteiger partial charge in [0.25, 0.3) is 0 Å². The number of likely N-dealkylation sites (tertiary alicyclic amines) is 1. The predicted octanol–water partition coefficient (Wildman–Crippen LogP) is 2.86. The van der Waals surface area contributed by atoms with Crippen LogP contribution >= 0.6 is 0 Å². The molecule has 2 amide bonds. The van der Waals surface area contributed by atoms with E-state index >= 15 is 0 Å². The van der Waals surface area contributed by atoms with Crippen molar-refractivity contribution >= 4 is 11.8 Å². The molecule has 1 aliphatic heterocycles. The Labute approximate surface area is 159 Å². The molecular formula is C20H30FN3O3. The van der Waals surface area contributed by atoms with E-state index in [4.69, 9.17) is 4.52 Å². The molecule has 2 atom stereocenters. The fraction of sp³-hybridized carbons (Fsp3) is 0.750. The smallest absolute Gasteiger partial charge is 0.223 e. The Morgan fingerprint density at radius 2 is 2.04 bits per heavy atom. The Bertz CT molecular complexity index is 650. The van der Waals surface area contributed by atoms with Gasteiger partial charge in [-0.1, -0.05) is 18.0 Å². The maximum Gasteiger partial charge on any atom is 0.223 e. The number of nitrogens with zero attached hydrogens (tertiary/aromatic N) is 2. The molecule has 1 aromatic heterocycles. The highest BCUT2D eigenvalue weighted by Gasteiger charge is 2.35. The van der Waals surface area contributed by atoms with Crippen LogP contribution in [0.2, 0.25) is 0 Å². The minimum atomic E-state index is -1.02. The van der Waals surface area contributed by atoms with Crippen molar-refractivity contribution in [1.29, 1.82) is 0 Å². The molecule has 3 rings (SSSR count). The van der Waals surface area contributed by atoms with Crippen molar-refractivity contribution in [3.8, 4) is 0 Å². The Hall–Kier alpha value is -1.92. The average molecular weight is 379 g/mol. The lowest BCUT2D eigenvalue weighted by Gasteiger charge is -2.25. The molecule has 1 saturated carbocycles. The first-order chi connectivity index (χ1) is 12.9. The summed E-state index contributed by atoms with van der Waals surface area (Å²) >= 11 is 0. The Morgan fingerprint density at radius 3 is 2.70 bits per heavy atom. The maximum atomic E-state index is 13.9. The first-order valence-electron chi connectivity index (χ1n) is 10.1. The zero-order chi connectivity index (χ0) is 19.4. The van der Waals surface area contributed by atoms with Crippen molar-refractivity contribution in [3.05, 3.63) is 17.0 Å². The summed E-state index contributed by atoms with van der Waals surface area (Å²) in [6.07, 6.45) is 5.30. The van der Waals surface area contributed by atoms with Gasteiger partial charge in [-0.15, -0.1) is 0 Å². The fourth-order valence-corrected chi connectivity index (χ4v) is 4.37. The predicted molar refractivity (Wildman–Crippen MR) is 98.9 cm³/mol. The third-order valence-electron chi connectivity index (χ3n) is 5.94. The second kappa shape index (κ2) is 8.85. The zero-order valence-electron chi connectivity index (χ0n) is 16.3. The molecule has 0 radical (unpaired) electrons. The highest BCUT2D eigenvalue weighted by Crippen LogP contribution is 2.27. The van der Waals surface area contributed by atoms with Crippen molar-refractivity contribution in [3.63, 3.8) is 0 Å². The molecule has 1 N–H and O–H groups in total. The molecule has 6 nitrogen and oxygen atoms in total. The number of hydrogen-bond donors (Lipinski definition) is 1. The first-order valence-corrected chi connectivity index (χ1v) is 10.1. The van der Waals surface area contributed by atoms with Crippen LogP contribution in [-0.4, -0.2) is 47.2 Å². The van der Waals surface area contributed by atoms with Gasteiger partial charge >= 0.3 is 0 Å². The van der Waals surface area contributed by atoms with E-state index < -0.39 is 6.17 Å². The van der Waals surface area contributed by atoms with Gasteiger partial charge < -0.3 is 14.7 Å². The monoisotopic (exact) mass is 379 g/mol. The number of amides is 2. The molecule has 27 heavy (non-hydrogen) atoms. The molecule has 7 heteroatoms. The summed E-state index contributed by atoms with van der Waals surface area (Å²) in [7, 11) is 0. The Balaban J connectivity index is 1.49. The number of carbonyl (C=O) groups is 2. The minimum Gasteiger partial charge on any atom is -0.361 e. The van der Waals surface area contributed by atoms with Crippen LogP contribution in [0.15, 0.2) is 4.52 Å². The molecule has 0 spiro atoms. The molecule has 1 saturated heterocycles. The number of aromatic nitrogens is 1. The average Bonchev–Trinajstić information content (AvgIpc) is 3.33. The SMILES string of the molecule is Cc1noc(C)c1CCC(=O)N1C[C@@H](F)C[C@H]1CNC(=O)CC1CCCC1. The van der Waals surface area contributed by atoms with E-state index in [0.29, 0.717) is 38.1 Å². The van der Waals surface area contributed by atoms with E-state index in [2.05, 4.69) is 10.5 Å². The van der Waals surface area contributed by atoms with Crippen molar-refractivity contribution in [2.75, 3.05) is 13.1 Å². The molecule has 0 aromatic carbocycles. The maximum absolute atomic E-state index is 13.9. The van der Waals surface area contributed by atoms with Gasteiger partial charge in [0.15, 0.2) is 0 Å². The zero-order valence-corrected chi connectivity index (χ0v) is 16.3. The highest BCUT2D eigenvalue weighted by molar-refractivity contribution is 5.78. The van der Waals surface area contributed by atoms with Crippen molar-refractivity contribution in [1.82, 2.24) is 15.4 Å². The van der Waals surface area contributed by atoms with Gasteiger partial charge in [0.2, 0.25) is 11.8 Å². The summed E-state index contributed by atoms with van der Waals surface area (Å²) < 4.78 is 19.1. The van der Waals surface area contributed by atoms with E-state index in [0.717, 1.165) is 29.9 Å². The topological polar surface area (TPSA) is 75.4 Å². The van der Waals surface area contributed by atoms with Crippen LogP contribution in [0.3, 0.4) is 0 Å². The minimum absolute atomic E-state index is 0.0207. The first kappa shape index (κ1) is 19.8. The summed E-state index contributed by atoms with van der Waals surface area (Å²) in [6.45, 7) is 4.13. The van der Waals surface area contributed by atoms with Gasteiger partial charge in [-0.05, 0) is 39.0 Å². The van der Waals surface area contributed by atoms with E-state index in [1.54, 1.807) is 4.90 Å². The summed E-state index contributed by atoms with van der Waals surface area (Å²) in [5, 5.41) is 6.82. The van der Waals surface area contributed by atoms with Gasteiger partial charge in [0.05, 0.1) is 18.3 Å². The summed E-state index contributed by atoms with van der Waals surface area (Å²) in [5.41, 5.74) is 1.74. The Morgan fingerprint density at radius 1 is 1.30 bits per heavy atom. The number of carbonyl (C=O) groups excluding carboxylic acids is 2. The number of hydrogen-bond acceptors (Lipinski definition) is 4. The fourth-order valence-electron chi connectivity index (χ4n) is 4.37. The third-order valence-corrected chi connectivity index (χ3v) is 5.94. The Kier molecular flexibility index (Phi) is 6.50. The van der Waals surface area contributed by atoms with Gasteiger partial charge in [-0.25, -0.2) is 4.39 Å². The lowest BCUT2D eigenvalue weighted by atomic mass is 10.0. The van der Waals surface area contributed by atoms with E-state index in [1.165, 1.54) is 12.8 Å². The van der Waals surface area contributed by atoms with Crippen molar-refractivity contribution in [2.24, 2.45) is 5.92 Å². The molecule has 150 valence electrons.